The highest BCUT2D eigenvalue weighted by Crippen LogP contribution is 2.20. The molecule has 0 fully saturated rings. The van der Waals surface area contributed by atoms with Gasteiger partial charge in [-0.3, -0.25) is 9.59 Å². The SMILES string of the molecule is O=C(CCCSc1nc2c(c(=O)[nH]1)CCCC2)Nc1ccc(O)cc1. The van der Waals surface area contributed by atoms with Crippen LogP contribution < -0.4 is 10.9 Å². The summed E-state index contributed by atoms with van der Waals surface area (Å²) in [4.78, 5) is 31.4. The van der Waals surface area contributed by atoms with Gasteiger partial charge in [0.25, 0.3) is 5.56 Å². The number of benzene rings is 1. The molecule has 0 atom stereocenters. The first kappa shape index (κ1) is 17.5. The number of aromatic hydroxyl groups is 1. The molecule has 0 saturated heterocycles. The van der Waals surface area contributed by atoms with Crippen LogP contribution in [0.5, 0.6) is 5.75 Å². The van der Waals surface area contributed by atoms with E-state index < -0.39 is 0 Å². The molecule has 0 unspecified atom stereocenters. The Hall–Kier alpha value is -2.28. The van der Waals surface area contributed by atoms with Crippen LogP contribution in [0.4, 0.5) is 5.69 Å². The summed E-state index contributed by atoms with van der Waals surface area (Å²) in [5.74, 6) is 0.809. The second-order valence-electron chi connectivity index (χ2n) is 6.05. The van der Waals surface area contributed by atoms with E-state index in [0.717, 1.165) is 36.9 Å². The zero-order valence-electron chi connectivity index (χ0n) is 13.9. The van der Waals surface area contributed by atoms with Crippen molar-refractivity contribution in [2.24, 2.45) is 0 Å². The Kier molecular flexibility index (Phi) is 5.75. The molecule has 1 aromatic heterocycles. The Labute approximate surface area is 150 Å². The molecule has 2 aromatic rings. The fourth-order valence-electron chi connectivity index (χ4n) is 2.82. The number of anilines is 1. The molecule has 3 rings (SSSR count). The number of nitrogens with one attached hydrogen (secondary N) is 2. The number of hydrogen-bond acceptors (Lipinski definition) is 5. The number of H-pyrrole nitrogens is 1. The lowest BCUT2D eigenvalue weighted by molar-refractivity contribution is -0.116. The highest BCUT2D eigenvalue weighted by atomic mass is 32.2. The molecule has 6 nitrogen and oxygen atoms in total. The number of thioether (sulfide) groups is 1. The largest absolute Gasteiger partial charge is 0.508 e. The third-order valence-electron chi connectivity index (χ3n) is 4.11. The standard InChI is InChI=1S/C18H21N3O3S/c22-13-9-7-12(8-10-13)19-16(23)6-3-11-25-18-20-15-5-2-1-4-14(15)17(24)21-18/h7-10,22H,1-6,11H2,(H,19,23)(H,20,21,24). The minimum Gasteiger partial charge on any atom is -0.508 e. The highest BCUT2D eigenvalue weighted by Gasteiger charge is 2.15. The van der Waals surface area contributed by atoms with Crippen LogP contribution in [0.3, 0.4) is 0 Å². The topological polar surface area (TPSA) is 95.1 Å². The van der Waals surface area contributed by atoms with Crippen molar-refractivity contribution in [1.29, 1.82) is 0 Å². The van der Waals surface area contributed by atoms with Crippen molar-refractivity contribution in [2.75, 3.05) is 11.1 Å². The molecule has 0 bridgehead atoms. The van der Waals surface area contributed by atoms with Crippen molar-refractivity contribution in [3.8, 4) is 5.75 Å². The van der Waals surface area contributed by atoms with Crippen molar-refractivity contribution >= 4 is 23.4 Å². The second-order valence-corrected chi connectivity index (χ2v) is 7.13. The van der Waals surface area contributed by atoms with Gasteiger partial charge in [-0.15, -0.1) is 0 Å². The quantitative estimate of drug-likeness (QED) is 0.319. The fourth-order valence-corrected chi connectivity index (χ4v) is 3.64. The Balaban J connectivity index is 1.45. The molecule has 132 valence electrons. The number of aromatic amines is 1. The van der Waals surface area contributed by atoms with Crippen LogP contribution in [0.15, 0.2) is 34.2 Å². The molecule has 1 aliphatic carbocycles. The fraction of sp³-hybridized carbons (Fsp3) is 0.389. The number of carbonyl (C=O) groups is 1. The lowest BCUT2D eigenvalue weighted by Crippen LogP contribution is -2.21. The molecular weight excluding hydrogens is 338 g/mol. The summed E-state index contributed by atoms with van der Waals surface area (Å²) in [5.41, 5.74) is 2.42. The third-order valence-corrected chi connectivity index (χ3v) is 5.07. The van der Waals surface area contributed by atoms with Crippen LogP contribution in [0.2, 0.25) is 0 Å². The summed E-state index contributed by atoms with van der Waals surface area (Å²) >= 11 is 1.48. The van der Waals surface area contributed by atoms with Gasteiger partial charge in [-0.25, -0.2) is 4.98 Å². The Morgan fingerprint density at radius 3 is 2.80 bits per heavy atom. The number of aromatic nitrogens is 2. The van der Waals surface area contributed by atoms with Crippen molar-refractivity contribution in [2.45, 2.75) is 43.7 Å². The number of rotatable bonds is 6. The monoisotopic (exact) mass is 359 g/mol. The number of aryl methyl sites for hydroxylation is 1. The molecule has 25 heavy (non-hydrogen) atoms. The van der Waals surface area contributed by atoms with Crippen LogP contribution in [0.25, 0.3) is 0 Å². The van der Waals surface area contributed by atoms with Crippen LogP contribution in [-0.4, -0.2) is 26.7 Å². The maximum absolute atomic E-state index is 12.1. The van der Waals surface area contributed by atoms with Gasteiger partial charge in [0.05, 0.1) is 5.69 Å². The van der Waals surface area contributed by atoms with E-state index >= 15 is 0 Å². The molecule has 0 radical (unpaired) electrons. The van der Waals surface area contributed by atoms with Gasteiger partial charge in [0.2, 0.25) is 5.91 Å². The van der Waals surface area contributed by atoms with Gasteiger partial charge >= 0.3 is 0 Å². The summed E-state index contributed by atoms with van der Waals surface area (Å²) in [6, 6.07) is 6.38. The molecule has 7 heteroatoms. The maximum Gasteiger partial charge on any atom is 0.254 e. The van der Waals surface area contributed by atoms with E-state index in [0.29, 0.717) is 29.4 Å². The lowest BCUT2D eigenvalue weighted by atomic mass is 9.97. The smallest absolute Gasteiger partial charge is 0.254 e. The van der Waals surface area contributed by atoms with Crippen molar-refractivity contribution < 1.29 is 9.90 Å². The summed E-state index contributed by atoms with van der Waals surface area (Å²) < 4.78 is 0. The third kappa shape index (κ3) is 4.85. The molecular formula is C18H21N3O3S. The van der Waals surface area contributed by atoms with Gasteiger partial charge in [-0.1, -0.05) is 11.8 Å². The molecule has 1 aliphatic rings. The predicted molar refractivity (Wildman–Crippen MR) is 98.2 cm³/mol. The Morgan fingerprint density at radius 2 is 2.00 bits per heavy atom. The number of nitrogens with zero attached hydrogens (tertiary/aromatic N) is 1. The van der Waals surface area contributed by atoms with E-state index in [1.165, 1.54) is 23.9 Å². The van der Waals surface area contributed by atoms with Gasteiger partial charge < -0.3 is 15.4 Å². The van der Waals surface area contributed by atoms with E-state index in [2.05, 4.69) is 15.3 Å². The molecule has 1 aromatic carbocycles. The van der Waals surface area contributed by atoms with Gasteiger partial charge in [0.15, 0.2) is 5.16 Å². The lowest BCUT2D eigenvalue weighted by Gasteiger charge is -2.14. The minimum atomic E-state index is -0.0711. The molecule has 1 heterocycles. The number of phenolic OH excluding ortho intramolecular Hbond substituents is 1. The molecule has 1 amide bonds. The van der Waals surface area contributed by atoms with E-state index in [4.69, 9.17) is 0 Å². The van der Waals surface area contributed by atoms with Gasteiger partial charge in [-0.05, 0) is 56.4 Å². The summed E-state index contributed by atoms with van der Waals surface area (Å²) in [7, 11) is 0. The number of carbonyl (C=O) groups excluding carboxylic acids is 1. The first-order chi connectivity index (χ1) is 12.1. The maximum atomic E-state index is 12.1. The van der Waals surface area contributed by atoms with Gasteiger partial charge in [0, 0.05) is 23.4 Å². The van der Waals surface area contributed by atoms with Gasteiger partial charge in [0.1, 0.15) is 5.75 Å². The van der Waals surface area contributed by atoms with E-state index in [1.807, 2.05) is 0 Å². The average Bonchev–Trinajstić information content (AvgIpc) is 2.61. The van der Waals surface area contributed by atoms with Crippen molar-refractivity contribution in [3.63, 3.8) is 0 Å². The number of amides is 1. The van der Waals surface area contributed by atoms with Crippen molar-refractivity contribution in [3.05, 3.63) is 45.9 Å². The van der Waals surface area contributed by atoms with Crippen LogP contribution in [0, 0.1) is 0 Å². The first-order valence-corrected chi connectivity index (χ1v) is 9.44. The van der Waals surface area contributed by atoms with E-state index in [9.17, 15) is 14.7 Å². The molecule has 0 saturated carbocycles. The average molecular weight is 359 g/mol. The minimum absolute atomic E-state index is 0.0164. The van der Waals surface area contributed by atoms with Gasteiger partial charge in [-0.2, -0.15) is 0 Å². The molecule has 0 aliphatic heterocycles. The number of phenols is 1. The first-order valence-electron chi connectivity index (χ1n) is 8.45. The normalized spacial score (nSPS) is 13.3. The number of hydrogen-bond donors (Lipinski definition) is 3. The second kappa shape index (κ2) is 8.20. The van der Waals surface area contributed by atoms with Crippen LogP contribution in [-0.2, 0) is 17.6 Å². The molecule has 0 spiro atoms. The summed E-state index contributed by atoms with van der Waals surface area (Å²) in [5, 5.41) is 12.6. The Morgan fingerprint density at radius 1 is 1.24 bits per heavy atom. The molecule has 3 N–H and O–H groups in total. The van der Waals surface area contributed by atoms with Crippen molar-refractivity contribution in [1.82, 2.24) is 9.97 Å². The van der Waals surface area contributed by atoms with Crippen LogP contribution >= 0.6 is 11.8 Å². The van der Waals surface area contributed by atoms with Crippen LogP contribution in [0.1, 0.15) is 36.9 Å². The zero-order chi connectivity index (χ0) is 17.6. The summed E-state index contributed by atoms with van der Waals surface area (Å²) in [6.07, 6.45) is 4.92. The zero-order valence-corrected chi connectivity index (χ0v) is 14.7. The Bertz CT molecular complexity index is 802. The summed E-state index contributed by atoms with van der Waals surface area (Å²) in [6.45, 7) is 0. The number of fused-ring (bicyclic) bond motifs is 1. The van der Waals surface area contributed by atoms with E-state index in [-0.39, 0.29) is 17.2 Å². The van der Waals surface area contributed by atoms with E-state index in [1.54, 1.807) is 12.1 Å². The predicted octanol–water partition coefficient (Wildman–Crippen LogP) is 2.87. The highest BCUT2D eigenvalue weighted by molar-refractivity contribution is 7.99.